The van der Waals surface area contributed by atoms with Gasteiger partial charge < -0.3 is 23.7 Å². The Hall–Kier alpha value is -1.89. The Bertz CT molecular complexity index is 721. The predicted molar refractivity (Wildman–Crippen MR) is 99.3 cm³/mol. The van der Waals surface area contributed by atoms with Gasteiger partial charge in [0.25, 0.3) is 5.56 Å². The fourth-order valence-electron chi connectivity index (χ4n) is 2.57. The van der Waals surface area contributed by atoms with Gasteiger partial charge in [-0.2, -0.15) is 0 Å². The summed E-state index contributed by atoms with van der Waals surface area (Å²) in [5.74, 6) is 0.748. The van der Waals surface area contributed by atoms with Crippen LogP contribution in [0.5, 0.6) is 5.75 Å². The molecule has 0 aliphatic rings. The molecule has 6 nitrogen and oxygen atoms in total. The third-order valence-electron chi connectivity index (χ3n) is 3.81. The number of aromatic nitrogens is 1. The average Bonchev–Trinajstić information content (AvgIpc) is 2.57. The first-order valence-electron chi connectivity index (χ1n) is 8.69. The van der Waals surface area contributed by atoms with E-state index in [0.717, 1.165) is 23.2 Å². The first-order valence-corrected chi connectivity index (χ1v) is 8.69. The molecule has 0 radical (unpaired) electrons. The summed E-state index contributed by atoms with van der Waals surface area (Å²) in [7, 11) is 4.01. The molecule has 0 aliphatic carbocycles. The normalized spacial score (nSPS) is 11.6. The van der Waals surface area contributed by atoms with Crippen molar-refractivity contribution in [3.05, 3.63) is 40.7 Å². The van der Waals surface area contributed by atoms with Crippen molar-refractivity contribution in [2.24, 2.45) is 0 Å². The van der Waals surface area contributed by atoms with E-state index in [-0.39, 0.29) is 5.56 Å². The summed E-state index contributed by atoms with van der Waals surface area (Å²) in [6.45, 7) is 6.65. The zero-order valence-electron chi connectivity index (χ0n) is 15.5. The van der Waals surface area contributed by atoms with Gasteiger partial charge in [-0.15, -0.1) is 0 Å². The van der Waals surface area contributed by atoms with Gasteiger partial charge in [-0.05, 0) is 51.5 Å². The van der Waals surface area contributed by atoms with E-state index in [2.05, 4.69) is 4.90 Å². The van der Waals surface area contributed by atoms with Crippen molar-refractivity contribution in [3.8, 4) is 5.75 Å². The Morgan fingerprint density at radius 2 is 1.76 bits per heavy atom. The summed E-state index contributed by atoms with van der Waals surface area (Å²) < 4.78 is 18.7. The monoisotopic (exact) mass is 348 g/mol. The van der Waals surface area contributed by atoms with Crippen molar-refractivity contribution in [1.29, 1.82) is 0 Å². The second-order valence-corrected chi connectivity index (χ2v) is 5.99. The first-order chi connectivity index (χ1) is 12.0. The van der Waals surface area contributed by atoms with Gasteiger partial charge in [0, 0.05) is 31.9 Å². The first kappa shape index (κ1) is 19.4. The van der Waals surface area contributed by atoms with Crippen LogP contribution in [0.2, 0.25) is 0 Å². The smallest absolute Gasteiger partial charge is 0.251 e. The van der Waals surface area contributed by atoms with Crippen LogP contribution in [0.25, 0.3) is 10.9 Å². The predicted octanol–water partition coefficient (Wildman–Crippen LogP) is 2.34. The van der Waals surface area contributed by atoms with Crippen LogP contribution in [-0.2, 0) is 16.0 Å². The van der Waals surface area contributed by atoms with Crippen LogP contribution < -0.4 is 10.3 Å². The zero-order valence-corrected chi connectivity index (χ0v) is 15.5. The Labute approximate surface area is 148 Å². The molecule has 0 bridgehead atoms. The van der Waals surface area contributed by atoms with Gasteiger partial charge in [-0.3, -0.25) is 4.79 Å². The number of likely N-dealkylation sites (N-methyl/N-ethyl adjacent to an activating group) is 1. The molecule has 0 amide bonds. The maximum absolute atomic E-state index is 12.4. The number of benzene rings is 1. The standard InChI is InChI=1S/C19H28N2O4/c1-5-23-19(24-6-2)14-21-17-13-16(25-12-11-20(3)4)9-7-15(17)8-10-18(21)22/h7-10,13,19H,5-6,11-12,14H2,1-4H3. The largest absolute Gasteiger partial charge is 0.492 e. The molecule has 0 unspecified atom stereocenters. The molecule has 138 valence electrons. The molecule has 0 N–H and O–H groups in total. The molecule has 0 spiro atoms. The van der Waals surface area contributed by atoms with Crippen molar-refractivity contribution in [2.75, 3.05) is 40.5 Å². The topological polar surface area (TPSA) is 52.9 Å². The maximum Gasteiger partial charge on any atom is 0.251 e. The molecule has 1 aromatic heterocycles. The van der Waals surface area contributed by atoms with E-state index >= 15 is 0 Å². The van der Waals surface area contributed by atoms with E-state index in [0.29, 0.717) is 26.4 Å². The molecule has 6 heteroatoms. The van der Waals surface area contributed by atoms with Crippen molar-refractivity contribution in [3.63, 3.8) is 0 Å². The zero-order chi connectivity index (χ0) is 18.2. The molecule has 2 aromatic rings. The number of fused-ring (bicyclic) bond motifs is 1. The Balaban J connectivity index is 2.30. The summed E-state index contributed by atoms with van der Waals surface area (Å²) in [5.41, 5.74) is 0.738. The lowest BCUT2D eigenvalue weighted by Crippen LogP contribution is -2.30. The van der Waals surface area contributed by atoms with E-state index in [4.69, 9.17) is 14.2 Å². The van der Waals surface area contributed by atoms with Gasteiger partial charge in [0.15, 0.2) is 6.29 Å². The lowest BCUT2D eigenvalue weighted by Gasteiger charge is -2.20. The van der Waals surface area contributed by atoms with Crippen LogP contribution in [0, 0.1) is 0 Å². The Kier molecular flexibility index (Phi) is 7.43. The van der Waals surface area contributed by atoms with Crippen LogP contribution >= 0.6 is 0 Å². The third kappa shape index (κ3) is 5.56. The van der Waals surface area contributed by atoms with E-state index in [1.165, 1.54) is 0 Å². The van der Waals surface area contributed by atoms with E-state index < -0.39 is 6.29 Å². The van der Waals surface area contributed by atoms with Gasteiger partial charge in [0.2, 0.25) is 0 Å². The summed E-state index contributed by atoms with van der Waals surface area (Å²) in [4.78, 5) is 14.5. The lowest BCUT2D eigenvalue weighted by molar-refractivity contribution is -0.143. The minimum Gasteiger partial charge on any atom is -0.492 e. The maximum atomic E-state index is 12.4. The number of ether oxygens (including phenoxy) is 3. The van der Waals surface area contributed by atoms with Crippen LogP contribution in [-0.4, -0.2) is 56.2 Å². The third-order valence-corrected chi connectivity index (χ3v) is 3.81. The van der Waals surface area contributed by atoms with Crippen LogP contribution in [0.15, 0.2) is 35.1 Å². The molecule has 1 heterocycles. The summed E-state index contributed by atoms with van der Waals surface area (Å²) >= 11 is 0. The fourth-order valence-corrected chi connectivity index (χ4v) is 2.57. The molecular formula is C19H28N2O4. The molecular weight excluding hydrogens is 320 g/mol. The molecule has 0 saturated carbocycles. The highest BCUT2D eigenvalue weighted by atomic mass is 16.7. The SMILES string of the molecule is CCOC(Cn1c(=O)ccc2ccc(OCCN(C)C)cc21)OCC. The molecule has 0 fully saturated rings. The van der Waals surface area contributed by atoms with Crippen LogP contribution in [0.4, 0.5) is 0 Å². The van der Waals surface area contributed by atoms with Gasteiger partial charge in [0.1, 0.15) is 12.4 Å². The second kappa shape index (κ2) is 9.56. The van der Waals surface area contributed by atoms with Gasteiger partial charge in [-0.25, -0.2) is 0 Å². The molecule has 2 rings (SSSR count). The van der Waals surface area contributed by atoms with Crippen molar-refractivity contribution < 1.29 is 14.2 Å². The second-order valence-electron chi connectivity index (χ2n) is 5.99. The molecule has 25 heavy (non-hydrogen) atoms. The highest BCUT2D eigenvalue weighted by molar-refractivity contribution is 5.80. The minimum absolute atomic E-state index is 0.0812. The minimum atomic E-state index is -0.448. The van der Waals surface area contributed by atoms with Gasteiger partial charge in [-0.1, -0.05) is 0 Å². The van der Waals surface area contributed by atoms with E-state index in [1.807, 2.05) is 52.2 Å². The van der Waals surface area contributed by atoms with E-state index in [9.17, 15) is 4.79 Å². The molecule has 0 saturated heterocycles. The van der Waals surface area contributed by atoms with Gasteiger partial charge >= 0.3 is 0 Å². The summed E-state index contributed by atoms with van der Waals surface area (Å²) in [6.07, 6.45) is -0.448. The molecule has 0 atom stereocenters. The molecule has 1 aromatic carbocycles. The quantitative estimate of drug-likeness (QED) is 0.617. The van der Waals surface area contributed by atoms with Crippen molar-refractivity contribution in [1.82, 2.24) is 9.47 Å². The van der Waals surface area contributed by atoms with Crippen molar-refractivity contribution >= 4 is 10.9 Å². The summed E-state index contributed by atoms with van der Waals surface area (Å²) in [6, 6.07) is 9.20. The van der Waals surface area contributed by atoms with Crippen LogP contribution in [0.1, 0.15) is 13.8 Å². The molecule has 0 aliphatic heterocycles. The highest BCUT2D eigenvalue weighted by Crippen LogP contribution is 2.20. The number of rotatable bonds is 10. The average molecular weight is 348 g/mol. The highest BCUT2D eigenvalue weighted by Gasteiger charge is 2.13. The number of nitrogens with zero attached hydrogens (tertiary/aromatic N) is 2. The van der Waals surface area contributed by atoms with Gasteiger partial charge in [0.05, 0.1) is 12.1 Å². The fraction of sp³-hybridized carbons (Fsp3) is 0.526. The Morgan fingerprint density at radius 1 is 1.08 bits per heavy atom. The number of hydrogen-bond donors (Lipinski definition) is 0. The number of hydrogen-bond acceptors (Lipinski definition) is 5. The lowest BCUT2D eigenvalue weighted by atomic mass is 10.2. The van der Waals surface area contributed by atoms with E-state index in [1.54, 1.807) is 10.6 Å². The Morgan fingerprint density at radius 3 is 2.40 bits per heavy atom. The van der Waals surface area contributed by atoms with Crippen molar-refractivity contribution in [2.45, 2.75) is 26.7 Å². The number of pyridine rings is 1. The summed E-state index contributed by atoms with van der Waals surface area (Å²) in [5, 5.41) is 0.978. The van der Waals surface area contributed by atoms with Crippen LogP contribution in [0.3, 0.4) is 0 Å².